The molecule has 2 amide bonds. The standard InChI is InChI=1S/C18H20ClN3O4/c1-3-25-13-7-5-12(6-8-13)21-15(23)11-20-18(24)17-14(19)9-10-16(22-17)26-4-2/h5-10H,3-4,11H2,1-2H3,(H,20,24)(H,21,23). The van der Waals surface area contributed by atoms with Gasteiger partial charge in [-0.1, -0.05) is 11.6 Å². The van der Waals surface area contributed by atoms with Gasteiger partial charge in [0.2, 0.25) is 11.8 Å². The molecule has 1 aromatic heterocycles. The molecule has 7 nitrogen and oxygen atoms in total. The molecular formula is C18H20ClN3O4. The summed E-state index contributed by atoms with van der Waals surface area (Å²) in [6.07, 6.45) is 0. The number of hydrogen-bond donors (Lipinski definition) is 2. The molecule has 0 radical (unpaired) electrons. The Balaban J connectivity index is 1.90. The molecule has 0 aliphatic heterocycles. The molecule has 0 atom stereocenters. The molecule has 0 fully saturated rings. The molecule has 2 rings (SSSR count). The van der Waals surface area contributed by atoms with Gasteiger partial charge in [-0.05, 0) is 44.2 Å². The fourth-order valence-corrected chi connectivity index (χ4v) is 2.25. The highest BCUT2D eigenvalue weighted by atomic mass is 35.5. The maximum absolute atomic E-state index is 12.2. The molecule has 26 heavy (non-hydrogen) atoms. The van der Waals surface area contributed by atoms with Crippen molar-refractivity contribution in [1.82, 2.24) is 10.3 Å². The first-order valence-electron chi connectivity index (χ1n) is 8.13. The number of nitrogens with one attached hydrogen (secondary N) is 2. The number of carbonyl (C=O) groups excluding carboxylic acids is 2. The molecule has 2 N–H and O–H groups in total. The normalized spacial score (nSPS) is 10.1. The smallest absolute Gasteiger partial charge is 0.272 e. The van der Waals surface area contributed by atoms with E-state index in [1.54, 1.807) is 37.3 Å². The molecule has 0 unspecified atom stereocenters. The van der Waals surface area contributed by atoms with Gasteiger partial charge in [-0.15, -0.1) is 0 Å². The predicted molar refractivity (Wildman–Crippen MR) is 99.0 cm³/mol. The van der Waals surface area contributed by atoms with E-state index in [0.717, 1.165) is 0 Å². The quantitative estimate of drug-likeness (QED) is 0.738. The van der Waals surface area contributed by atoms with E-state index >= 15 is 0 Å². The van der Waals surface area contributed by atoms with Crippen molar-refractivity contribution in [2.45, 2.75) is 13.8 Å². The third kappa shape index (κ3) is 5.63. The van der Waals surface area contributed by atoms with Crippen molar-refractivity contribution in [3.05, 3.63) is 47.1 Å². The SMILES string of the molecule is CCOc1ccc(NC(=O)CNC(=O)c2nc(OCC)ccc2Cl)cc1. The van der Waals surface area contributed by atoms with Gasteiger partial charge < -0.3 is 20.1 Å². The van der Waals surface area contributed by atoms with Crippen LogP contribution < -0.4 is 20.1 Å². The van der Waals surface area contributed by atoms with Crippen molar-refractivity contribution in [3.63, 3.8) is 0 Å². The van der Waals surface area contributed by atoms with Gasteiger partial charge in [0, 0.05) is 11.8 Å². The summed E-state index contributed by atoms with van der Waals surface area (Å²) in [5, 5.41) is 5.34. The number of pyridine rings is 1. The minimum Gasteiger partial charge on any atom is -0.494 e. The van der Waals surface area contributed by atoms with Crippen LogP contribution in [-0.2, 0) is 4.79 Å². The van der Waals surface area contributed by atoms with Gasteiger partial charge in [0.15, 0.2) is 5.69 Å². The van der Waals surface area contributed by atoms with Crippen LogP contribution in [0.2, 0.25) is 5.02 Å². The van der Waals surface area contributed by atoms with E-state index in [0.29, 0.717) is 30.5 Å². The van der Waals surface area contributed by atoms with E-state index in [1.807, 2.05) is 6.92 Å². The van der Waals surface area contributed by atoms with Gasteiger partial charge in [-0.3, -0.25) is 9.59 Å². The molecule has 8 heteroatoms. The molecule has 0 bridgehead atoms. The molecular weight excluding hydrogens is 358 g/mol. The number of anilines is 1. The van der Waals surface area contributed by atoms with Crippen LogP contribution in [0, 0.1) is 0 Å². The summed E-state index contributed by atoms with van der Waals surface area (Å²) in [6.45, 7) is 4.47. The Morgan fingerprint density at radius 3 is 2.38 bits per heavy atom. The summed E-state index contributed by atoms with van der Waals surface area (Å²) < 4.78 is 10.6. The minimum absolute atomic E-state index is 0.00600. The molecule has 0 saturated heterocycles. The topological polar surface area (TPSA) is 89.6 Å². The van der Waals surface area contributed by atoms with Crippen molar-refractivity contribution in [2.75, 3.05) is 25.1 Å². The van der Waals surface area contributed by atoms with Crippen LogP contribution in [0.1, 0.15) is 24.3 Å². The van der Waals surface area contributed by atoms with Crippen LogP contribution in [0.4, 0.5) is 5.69 Å². The maximum Gasteiger partial charge on any atom is 0.272 e. The Labute approximate surface area is 156 Å². The molecule has 0 saturated carbocycles. The third-order valence-electron chi connectivity index (χ3n) is 3.19. The Kier molecular flexibility index (Phi) is 7.23. The fraction of sp³-hybridized carbons (Fsp3) is 0.278. The van der Waals surface area contributed by atoms with Crippen LogP contribution in [-0.4, -0.2) is 36.6 Å². The van der Waals surface area contributed by atoms with E-state index in [9.17, 15) is 9.59 Å². The summed E-state index contributed by atoms with van der Waals surface area (Å²) in [7, 11) is 0. The zero-order chi connectivity index (χ0) is 18.9. The summed E-state index contributed by atoms with van der Waals surface area (Å²) in [4.78, 5) is 28.2. The lowest BCUT2D eigenvalue weighted by Crippen LogP contribution is -2.33. The second-order valence-corrected chi connectivity index (χ2v) is 5.51. The first-order valence-corrected chi connectivity index (χ1v) is 8.51. The summed E-state index contributed by atoms with van der Waals surface area (Å²) in [5.41, 5.74) is 0.605. The van der Waals surface area contributed by atoms with Crippen LogP contribution in [0.3, 0.4) is 0 Å². The highest BCUT2D eigenvalue weighted by Gasteiger charge is 2.15. The number of amides is 2. The van der Waals surface area contributed by atoms with Crippen molar-refractivity contribution in [3.8, 4) is 11.6 Å². The monoisotopic (exact) mass is 377 g/mol. The number of nitrogens with zero attached hydrogens (tertiary/aromatic N) is 1. The minimum atomic E-state index is -0.557. The van der Waals surface area contributed by atoms with Gasteiger partial charge >= 0.3 is 0 Å². The third-order valence-corrected chi connectivity index (χ3v) is 3.49. The van der Waals surface area contributed by atoms with Gasteiger partial charge in [-0.25, -0.2) is 4.98 Å². The van der Waals surface area contributed by atoms with E-state index in [2.05, 4.69) is 15.6 Å². The first-order chi connectivity index (χ1) is 12.5. The van der Waals surface area contributed by atoms with Gasteiger partial charge in [0.25, 0.3) is 5.91 Å². The van der Waals surface area contributed by atoms with Crippen molar-refractivity contribution in [1.29, 1.82) is 0 Å². The lowest BCUT2D eigenvalue weighted by Gasteiger charge is -2.09. The molecule has 2 aromatic rings. The Morgan fingerprint density at radius 2 is 1.73 bits per heavy atom. The number of carbonyl (C=O) groups is 2. The average Bonchev–Trinajstić information content (AvgIpc) is 2.63. The van der Waals surface area contributed by atoms with Gasteiger partial charge in [0.1, 0.15) is 5.75 Å². The van der Waals surface area contributed by atoms with Crippen molar-refractivity contribution in [2.24, 2.45) is 0 Å². The molecule has 1 aromatic carbocycles. The van der Waals surface area contributed by atoms with Gasteiger partial charge in [0.05, 0.1) is 24.8 Å². The zero-order valence-corrected chi connectivity index (χ0v) is 15.3. The van der Waals surface area contributed by atoms with E-state index in [-0.39, 0.29) is 23.2 Å². The predicted octanol–water partition coefficient (Wildman–Crippen LogP) is 2.90. The second kappa shape index (κ2) is 9.62. The van der Waals surface area contributed by atoms with Crippen LogP contribution in [0.15, 0.2) is 36.4 Å². The fourth-order valence-electron chi connectivity index (χ4n) is 2.06. The van der Waals surface area contributed by atoms with Crippen molar-refractivity contribution < 1.29 is 19.1 Å². The Hall–Kier alpha value is -2.80. The van der Waals surface area contributed by atoms with Crippen LogP contribution in [0.5, 0.6) is 11.6 Å². The van der Waals surface area contributed by atoms with Crippen LogP contribution >= 0.6 is 11.6 Å². The van der Waals surface area contributed by atoms with E-state index in [1.165, 1.54) is 6.07 Å². The molecule has 138 valence electrons. The first kappa shape index (κ1) is 19.5. The molecule has 0 aliphatic rings. The molecule has 1 heterocycles. The molecule has 0 spiro atoms. The lowest BCUT2D eigenvalue weighted by atomic mass is 10.3. The largest absolute Gasteiger partial charge is 0.494 e. The summed E-state index contributed by atoms with van der Waals surface area (Å²) >= 11 is 5.99. The zero-order valence-electron chi connectivity index (χ0n) is 14.5. The van der Waals surface area contributed by atoms with E-state index in [4.69, 9.17) is 21.1 Å². The average molecular weight is 378 g/mol. The number of aromatic nitrogens is 1. The maximum atomic E-state index is 12.2. The number of rotatable bonds is 8. The number of benzene rings is 1. The highest BCUT2D eigenvalue weighted by Crippen LogP contribution is 2.18. The molecule has 0 aliphatic carbocycles. The number of halogens is 1. The second-order valence-electron chi connectivity index (χ2n) is 5.10. The van der Waals surface area contributed by atoms with Crippen LogP contribution in [0.25, 0.3) is 0 Å². The summed E-state index contributed by atoms with van der Waals surface area (Å²) in [6, 6.07) is 10.0. The Morgan fingerprint density at radius 1 is 1.04 bits per heavy atom. The number of hydrogen-bond acceptors (Lipinski definition) is 5. The van der Waals surface area contributed by atoms with Crippen molar-refractivity contribution >= 4 is 29.1 Å². The number of ether oxygens (including phenoxy) is 2. The van der Waals surface area contributed by atoms with Gasteiger partial charge in [-0.2, -0.15) is 0 Å². The van der Waals surface area contributed by atoms with E-state index < -0.39 is 5.91 Å². The highest BCUT2D eigenvalue weighted by molar-refractivity contribution is 6.33. The lowest BCUT2D eigenvalue weighted by molar-refractivity contribution is -0.115. The Bertz CT molecular complexity index is 766. The summed E-state index contributed by atoms with van der Waals surface area (Å²) in [5.74, 6) is 0.0765.